The van der Waals surface area contributed by atoms with Crippen molar-refractivity contribution >= 4 is 7.98 Å². The van der Waals surface area contributed by atoms with Gasteiger partial charge >= 0.3 is 0 Å². The molecule has 1 rings (SSSR count). The fourth-order valence-corrected chi connectivity index (χ4v) is 1.26. The Morgan fingerprint density at radius 3 is 2.54 bits per heavy atom. The van der Waals surface area contributed by atoms with E-state index in [1.165, 1.54) is 18.4 Å². The lowest BCUT2D eigenvalue weighted by atomic mass is 10.1. The highest BCUT2D eigenvalue weighted by Crippen LogP contribution is 2.02. The average Bonchev–Trinajstić information content (AvgIpc) is 2.16. The van der Waals surface area contributed by atoms with Gasteiger partial charge in [-0.05, 0) is 18.5 Å². The van der Waals surface area contributed by atoms with E-state index in [4.69, 9.17) is 7.98 Å². The molecule has 1 aromatic carbocycles. The van der Waals surface area contributed by atoms with Crippen LogP contribution in [0.1, 0.15) is 25.3 Å². The average molecular weight is 173 g/mol. The molecule has 68 valence electrons. The van der Waals surface area contributed by atoms with E-state index in [0.717, 1.165) is 13.1 Å². The summed E-state index contributed by atoms with van der Waals surface area (Å²) in [6.45, 7) is 4.00. The van der Waals surface area contributed by atoms with E-state index in [1.807, 2.05) is 23.0 Å². The lowest BCUT2D eigenvalue weighted by molar-refractivity contribution is 0.435. The standard InChI is InChI=1S/C11H16BN/c1-2-3-9-13(12)10-11-7-5-4-6-8-11/h4-8H,2-3,9-10H2,1H3. The first kappa shape index (κ1) is 10.3. The van der Waals surface area contributed by atoms with Crippen molar-refractivity contribution in [2.75, 3.05) is 6.54 Å². The Balaban J connectivity index is 2.32. The Hall–Kier alpha value is -0.755. The third-order valence-corrected chi connectivity index (χ3v) is 2.03. The highest BCUT2D eigenvalue weighted by atomic mass is 15.0. The minimum absolute atomic E-state index is 0.848. The molecule has 1 nitrogen and oxygen atoms in total. The van der Waals surface area contributed by atoms with Crippen LogP contribution in [0, 0.1) is 0 Å². The first-order valence-corrected chi connectivity index (χ1v) is 4.86. The zero-order chi connectivity index (χ0) is 9.52. The fraction of sp³-hybridized carbons (Fsp3) is 0.455. The zero-order valence-electron chi connectivity index (χ0n) is 8.24. The van der Waals surface area contributed by atoms with Gasteiger partial charge in [-0.15, -0.1) is 0 Å². The molecule has 0 saturated carbocycles. The molecule has 0 spiro atoms. The molecule has 0 aromatic heterocycles. The largest absolute Gasteiger partial charge is 0.350 e. The molecule has 0 N–H and O–H groups in total. The van der Waals surface area contributed by atoms with Gasteiger partial charge < -0.3 is 4.81 Å². The van der Waals surface area contributed by atoms with E-state index in [9.17, 15) is 0 Å². The number of hydrogen-bond donors (Lipinski definition) is 0. The zero-order valence-corrected chi connectivity index (χ0v) is 8.24. The van der Waals surface area contributed by atoms with Crippen LogP contribution in [0.25, 0.3) is 0 Å². The molecular formula is C11H16BN. The first-order chi connectivity index (χ1) is 6.33. The second-order valence-corrected chi connectivity index (χ2v) is 3.31. The van der Waals surface area contributed by atoms with Crippen molar-refractivity contribution < 1.29 is 0 Å². The molecule has 2 radical (unpaired) electrons. The molecule has 1 aromatic rings. The quantitative estimate of drug-likeness (QED) is 0.618. The van der Waals surface area contributed by atoms with E-state index in [0.29, 0.717) is 0 Å². The molecule has 0 bridgehead atoms. The number of hydrogen-bond acceptors (Lipinski definition) is 1. The molecule has 13 heavy (non-hydrogen) atoms. The summed E-state index contributed by atoms with van der Waals surface area (Å²) >= 11 is 0. The second kappa shape index (κ2) is 5.82. The summed E-state index contributed by atoms with van der Waals surface area (Å²) in [6.07, 6.45) is 2.37. The summed E-state index contributed by atoms with van der Waals surface area (Å²) in [5, 5.41) is 0. The van der Waals surface area contributed by atoms with Crippen molar-refractivity contribution in [2.24, 2.45) is 0 Å². The summed E-state index contributed by atoms with van der Waals surface area (Å²) in [4.78, 5) is 1.87. The van der Waals surface area contributed by atoms with Crippen molar-refractivity contribution in [3.05, 3.63) is 35.9 Å². The van der Waals surface area contributed by atoms with Gasteiger partial charge in [0.2, 0.25) is 0 Å². The maximum absolute atomic E-state index is 5.83. The minimum atomic E-state index is 0.848. The minimum Gasteiger partial charge on any atom is -0.350 e. The molecule has 0 fully saturated rings. The number of unbranched alkanes of at least 4 members (excludes halogenated alkanes) is 1. The molecule has 0 aliphatic carbocycles. The van der Waals surface area contributed by atoms with Crippen LogP contribution in [0.2, 0.25) is 0 Å². The van der Waals surface area contributed by atoms with Gasteiger partial charge in [0.15, 0.2) is 7.98 Å². The SMILES string of the molecule is [B]N(CCCC)Cc1ccccc1. The predicted octanol–water partition coefficient (Wildman–Crippen LogP) is 2.37. The van der Waals surface area contributed by atoms with Crippen LogP contribution < -0.4 is 0 Å². The van der Waals surface area contributed by atoms with Crippen molar-refractivity contribution in [1.82, 2.24) is 4.81 Å². The van der Waals surface area contributed by atoms with Gasteiger partial charge in [-0.25, -0.2) is 0 Å². The van der Waals surface area contributed by atoms with E-state index >= 15 is 0 Å². The maximum atomic E-state index is 5.83. The van der Waals surface area contributed by atoms with E-state index in [-0.39, 0.29) is 0 Å². The number of nitrogens with zero attached hydrogens (tertiary/aromatic N) is 1. The fourth-order valence-electron chi connectivity index (χ4n) is 1.26. The molecule has 0 aliphatic heterocycles. The van der Waals surface area contributed by atoms with E-state index in [2.05, 4.69) is 19.1 Å². The molecule has 0 amide bonds. The van der Waals surface area contributed by atoms with Crippen LogP contribution in [0.15, 0.2) is 30.3 Å². The Morgan fingerprint density at radius 1 is 1.23 bits per heavy atom. The van der Waals surface area contributed by atoms with Gasteiger partial charge in [0.25, 0.3) is 0 Å². The Bertz CT molecular complexity index is 223. The Labute approximate surface area is 82.2 Å². The molecule has 0 saturated heterocycles. The third kappa shape index (κ3) is 4.14. The van der Waals surface area contributed by atoms with Crippen LogP contribution in [0.5, 0.6) is 0 Å². The van der Waals surface area contributed by atoms with Gasteiger partial charge in [0.1, 0.15) is 0 Å². The van der Waals surface area contributed by atoms with Crippen LogP contribution in [0.4, 0.5) is 0 Å². The van der Waals surface area contributed by atoms with Gasteiger partial charge in [0.05, 0.1) is 0 Å². The lowest BCUT2D eigenvalue weighted by Crippen LogP contribution is -2.20. The van der Waals surface area contributed by atoms with Gasteiger partial charge in [0, 0.05) is 6.54 Å². The van der Waals surface area contributed by atoms with E-state index in [1.54, 1.807) is 0 Å². The molecule has 0 aliphatic rings. The van der Waals surface area contributed by atoms with Crippen LogP contribution in [0.3, 0.4) is 0 Å². The number of benzene rings is 1. The molecule has 0 unspecified atom stereocenters. The van der Waals surface area contributed by atoms with Gasteiger partial charge in [-0.3, -0.25) is 0 Å². The molecular weight excluding hydrogens is 157 g/mol. The van der Waals surface area contributed by atoms with Crippen molar-refractivity contribution in [2.45, 2.75) is 26.3 Å². The van der Waals surface area contributed by atoms with Gasteiger partial charge in [-0.1, -0.05) is 43.7 Å². The maximum Gasteiger partial charge on any atom is 0.182 e. The Kier molecular flexibility index (Phi) is 4.62. The topological polar surface area (TPSA) is 3.24 Å². The van der Waals surface area contributed by atoms with Crippen molar-refractivity contribution in [1.29, 1.82) is 0 Å². The van der Waals surface area contributed by atoms with Crippen molar-refractivity contribution in [3.63, 3.8) is 0 Å². The summed E-state index contributed by atoms with van der Waals surface area (Å²) in [7, 11) is 5.83. The highest BCUT2D eigenvalue weighted by molar-refractivity contribution is 6.04. The molecule has 2 heteroatoms. The summed E-state index contributed by atoms with van der Waals surface area (Å²) < 4.78 is 0. The number of rotatable bonds is 5. The van der Waals surface area contributed by atoms with Crippen LogP contribution in [-0.2, 0) is 6.54 Å². The highest BCUT2D eigenvalue weighted by Gasteiger charge is 1.97. The molecule has 0 heterocycles. The normalized spacial score (nSPS) is 10.6. The van der Waals surface area contributed by atoms with Crippen LogP contribution in [-0.4, -0.2) is 19.3 Å². The lowest BCUT2D eigenvalue weighted by Gasteiger charge is -2.16. The second-order valence-electron chi connectivity index (χ2n) is 3.31. The predicted molar refractivity (Wildman–Crippen MR) is 57.5 cm³/mol. The van der Waals surface area contributed by atoms with Crippen LogP contribution >= 0.6 is 0 Å². The summed E-state index contributed by atoms with van der Waals surface area (Å²) in [6, 6.07) is 10.3. The van der Waals surface area contributed by atoms with Gasteiger partial charge in [-0.2, -0.15) is 0 Å². The van der Waals surface area contributed by atoms with E-state index < -0.39 is 0 Å². The molecule has 0 atom stereocenters. The summed E-state index contributed by atoms with van der Waals surface area (Å²) in [5.41, 5.74) is 1.28. The summed E-state index contributed by atoms with van der Waals surface area (Å²) in [5.74, 6) is 0. The monoisotopic (exact) mass is 173 g/mol. The van der Waals surface area contributed by atoms with Crippen molar-refractivity contribution in [3.8, 4) is 0 Å². The third-order valence-electron chi connectivity index (χ3n) is 2.03. The Morgan fingerprint density at radius 2 is 1.92 bits per heavy atom. The first-order valence-electron chi connectivity index (χ1n) is 4.86. The smallest absolute Gasteiger partial charge is 0.182 e.